The second kappa shape index (κ2) is 9.67. The van der Waals surface area contributed by atoms with Crippen LogP contribution in [0, 0.1) is 0 Å². The molecular weight excluding hydrogens is 424 g/mol. The standard InChI is InChI=1S/C24H30N4O3S/c1-5-18(25-24(29)26-19-14-16(30-3)8-9-20(19)31-4)22-17-10-13-27(2)15-21(17)32-23(22)28-11-6-7-12-28/h6-9,11-12,14,18H,5,10,13,15H2,1-4H3,(H2,25,26,29). The van der Waals surface area contributed by atoms with Gasteiger partial charge in [0.1, 0.15) is 16.5 Å². The van der Waals surface area contributed by atoms with Crippen LogP contribution in [0.25, 0.3) is 5.00 Å². The van der Waals surface area contributed by atoms with Crippen molar-refractivity contribution in [2.45, 2.75) is 32.4 Å². The summed E-state index contributed by atoms with van der Waals surface area (Å²) in [6.07, 6.45) is 5.91. The average Bonchev–Trinajstić information content (AvgIpc) is 3.45. The average molecular weight is 455 g/mol. The summed E-state index contributed by atoms with van der Waals surface area (Å²) in [7, 11) is 5.33. The van der Waals surface area contributed by atoms with Gasteiger partial charge in [-0.15, -0.1) is 11.3 Å². The highest BCUT2D eigenvalue weighted by molar-refractivity contribution is 7.15. The van der Waals surface area contributed by atoms with Gasteiger partial charge in [0, 0.05) is 42.0 Å². The predicted molar refractivity (Wildman–Crippen MR) is 128 cm³/mol. The van der Waals surface area contributed by atoms with Crippen LogP contribution in [0.15, 0.2) is 42.7 Å². The summed E-state index contributed by atoms with van der Waals surface area (Å²) >= 11 is 1.82. The lowest BCUT2D eigenvalue weighted by molar-refractivity contribution is 0.248. The zero-order valence-electron chi connectivity index (χ0n) is 19.0. The summed E-state index contributed by atoms with van der Waals surface area (Å²) in [6.45, 7) is 4.07. The van der Waals surface area contributed by atoms with Gasteiger partial charge in [-0.05, 0) is 49.7 Å². The molecule has 4 rings (SSSR count). The van der Waals surface area contributed by atoms with Crippen molar-refractivity contribution in [2.75, 3.05) is 33.1 Å². The molecule has 3 aromatic rings. The minimum Gasteiger partial charge on any atom is -0.497 e. The van der Waals surface area contributed by atoms with Gasteiger partial charge in [-0.1, -0.05) is 6.92 Å². The van der Waals surface area contributed by atoms with Gasteiger partial charge in [-0.3, -0.25) is 0 Å². The fourth-order valence-corrected chi connectivity index (χ4v) is 5.63. The second-order valence-corrected chi connectivity index (χ2v) is 9.01. The lowest BCUT2D eigenvalue weighted by Gasteiger charge is -2.25. The first-order chi connectivity index (χ1) is 15.5. The third-order valence-corrected chi connectivity index (χ3v) is 7.07. The number of benzene rings is 1. The number of hydrogen-bond donors (Lipinski definition) is 2. The Morgan fingerprint density at radius 2 is 2.00 bits per heavy atom. The van der Waals surface area contributed by atoms with Crippen molar-refractivity contribution in [3.63, 3.8) is 0 Å². The summed E-state index contributed by atoms with van der Waals surface area (Å²) in [5.41, 5.74) is 3.17. The first-order valence-electron chi connectivity index (χ1n) is 10.8. The van der Waals surface area contributed by atoms with Crippen LogP contribution in [-0.4, -0.2) is 43.3 Å². The van der Waals surface area contributed by atoms with E-state index >= 15 is 0 Å². The number of hydrogen-bond acceptors (Lipinski definition) is 5. The van der Waals surface area contributed by atoms with E-state index in [1.54, 1.807) is 32.4 Å². The number of methoxy groups -OCH3 is 2. The smallest absolute Gasteiger partial charge is 0.319 e. The number of anilines is 1. The number of thiophene rings is 1. The van der Waals surface area contributed by atoms with Crippen LogP contribution in [0.2, 0.25) is 0 Å². The number of carbonyl (C=O) groups excluding carboxylic acids is 1. The van der Waals surface area contributed by atoms with Crippen molar-refractivity contribution in [2.24, 2.45) is 0 Å². The zero-order chi connectivity index (χ0) is 22.7. The Hall–Kier alpha value is -2.97. The quantitative estimate of drug-likeness (QED) is 0.537. The molecule has 2 amide bonds. The maximum atomic E-state index is 13.0. The number of likely N-dealkylation sites (N-methyl/N-ethyl adjacent to an activating group) is 1. The van der Waals surface area contributed by atoms with E-state index in [1.165, 1.54) is 21.0 Å². The van der Waals surface area contributed by atoms with Crippen LogP contribution in [0.5, 0.6) is 11.5 Å². The highest BCUT2D eigenvalue weighted by atomic mass is 32.1. The number of fused-ring (bicyclic) bond motifs is 1. The number of amides is 2. The lowest BCUT2D eigenvalue weighted by Crippen LogP contribution is -2.34. The molecular formula is C24H30N4O3S. The summed E-state index contributed by atoms with van der Waals surface area (Å²) in [4.78, 5) is 16.8. The maximum absolute atomic E-state index is 13.0. The molecule has 1 aliphatic heterocycles. The van der Waals surface area contributed by atoms with E-state index in [0.29, 0.717) is 17.2 Å². The van der Waals surface area contributed by atoms with Crippen molar-refractivity contribution in [3.05, 3.63) is 58.7 Å². The molecule has 1 aliphatic rings. The predicted octanol–water partition coefficient (Wildman–Crippen LogP) is 4.82. The fraction of sp³-hybridized carbons (Fsp3) is 0.375. The van der Waals surface area contributed by atoms with E-state index in [-0.39, 0.29) is 12.1 Å². The Bertz CT molecular complexity index is 1080. The molecule has 2 aromatic heterocycles. The topological polar surface area (TPSA) is 67.8 Å². The Kier molecular flexibility index (Phi) is 6.72. The van der Waals surface area contributed by atoms with E-state index in [9.17, 15) is 4.79 Å². The van der Waals surface area contributed by atoms with E-state index < -0.39 is 0 Å². The monoisotopic (exact) mass is 454 g/mol. The first kappa shape index (κ1) is 22.2. The van der Waals surface area contributed by atoms with E-state index in [0.717, 1.165) is 25.9 Å². The number of rotatable bonds is 7. The SMILES string of the molecule is CCC(NC(=O)Nc1cc(OC)ccc1OC)c1c(-n2cccc2)sc2c1CCN(C)C2. The van der Waals surface area contributed by atoms with Gasteiger partial charge < -0.3 is 29.6 Å². The Morgan fingerprint density at radius 1 is 1.22 bits per heavy atom. The molecule has 0 spiro atoms. The van der Waals surface area contributed by atoms with Gasteiger partial charge in [0.2, 0.25) is 0 Å². The van der Waals surface area contributed by atoms with Gasteiger partial charge in [-0.2, -0.15) is 0 Å². The molecule has 8 heteroatoms. The Balaban J connectivity index is 1.63. The molecule has 1 aromatic carbocycles. The van der Waals surface area contributed by atoms with E-state index in [2.05, 4.69) is 46.5 Å². The van der Waals surface area contributed by atoms with Gasteiger partial charge >= 0.3 is 6.03 Å². The second-order valence-electron chi connectivity index (χ2n) is 7.93. The third kappa shape index (κ3) is 4.47. The largest absolute Gasteiger partial charge is 0.497 e. The summed E-state index contributed by atoms with van der Waals surface area (Å²) in [5.74, 6) is 1.23. The number of carbonyl (C=O) groups is 1. The molecule has 3 heterocycles. The maximum Gasteiger partial charge on any atom is 0.319 e. The van der Waals surface area contributed by atoms with Crippen LogP contribution in [0.4, 0.5) is 10.5 Å². The van der Waals surface area contributed by atoms with Crippen LogP contribution >= 0.6 is 11.3 Å². The van der Waals surface area contributed by atoms with Gasteiger partial charge in [0.15, 0.2) is 0 Å². The van der Waals surface area contributed by atoms with Gasteiger partial charge in [0.25, 0.3) is 0 Å². The molecule has 170 valence electrons. The van der Waals surface area contributed by atoms with Crippen molar-refractivity contribution < 1.29 is 14.3 Å². The third-order valence-electron chi connectivity index (χ3n) is 5.82. The highest BCUT2D eigenvalue weighted by Crippen LogP contribution is 2.40. The van der Waals surface area contributed by atoms with Crippen LogP contribution in [0.1, 0.15) is 35.4 Å². The molecule has 0 saturated heterocycles. The van der Waals surface area contributed by atoms with Crippen LogP contribution < -0.4 is 20.1 Å². The Morgan fingerprint density at radius 3 is 2.69 bits per heavy atom. The number of ether oxygens (including phenoxy) is 2. The summed E-state index contributed by atoms with van der Waals surface area (Å²) < 4.78 is 12.8. The molecule has 0 bridgehead atoms. The van der Waals surface area contributed by atoms with Crippen molar-refractivity contribution in [1.82, 2.24) is 14.8 Å². The minimum atomic E-state index is -0.269. The molecule has 0 radical (unpaired) electrons. The highest BCUT2D eigenvalue weighted by Gasteiger charge is 2.28. The molecule has 32 heavy (non-hydrogen) atoms. The molecule has 0 fully saturated rings. The van der Waals surface area contributed by atoms with Gasteiger partial charge in [0.05, 0.1) is 25.9 Å². The minimum absolute atomic E-state index is 0.104. The fourth-order valence-electron chi connectivity index (χ4n) is 4.17. The van der Waals surface area contributed by atoms with Gasteiger partial charge in [-0.25, -0.2) is 4.79 Å². The van der Waals surface area contributed by atoms with Crippen LogP contribution in [0.3, 0.4) is 0 Å². The molecule has 0 saturated carbocycles. The molecule has 2 N–H and O–H groups in total. The van der Waals surface area contributed by atoms with Crippen molar-refractivity contribution in [3.8, 4) is 16.5 Å². The zero-order valence-corrected chi connectivity index (χ0v) is 19.8. The summed E-state index contributed by atoms with van der Waals surface area (Å²) in [5, 5.41) is 7.32. The van der Waals surface area contributed by atoms with Crippen LogP contribution in [-0.2, 0) is 13.0 Å². The first-order valence-corrected chi connectivity index (χ1v) is 11.6. The number of nitrogens with one attached hydrogen (secondary N) is 2. The summed E-state index contributed by atoms with van der Waals surface area (Å²) in [6, 6.07) is 9.03. The lowest BCUT2D eigenvalue weighted by atomic mass is 9.96. The molecule has 0 aliphatic carbocycles. The Labute approximate surface area is 192 Å². The van der Waals surface area contributed by atoms with Crippen molar-refractivity contribution in [1.29, 1.82) is 0 Å². The van der Waals surface area contributed by atoms with Crippen molar-refractivity contribution >= 4 is 23.1 Å². The van der Waals surface area contributed by atoms with E-state index in [4.69, 9.17) is 9.47 Å². The molecule has 1 atom stereocenters. The van der Waals surface area contributed by atoms with E-state index in [1.807, 2.05) is 23.5 Å². The number of nitrogens with zero attached hydrogens (tertiary/aromatic N) is 2. The normalized spacial score (nSPS) is 14.5. The molecule has 1 unspecified atom stereocenters. The number of urea groups is 1. The molecule has 7 nitrogen and oxygen atoms in total. The number of aromatic nitrogens is 1.